The van der Waals surface area contributed by atoms with Crippen LogP contribution in [-0.4, -0.2) is 15.5 Å². The third-order valence-electron chi connectivity index (χ3n) is 3.12. The molecule has 2 aromatic rings. The van der Waals surface area contributed by atoms with Gasteiger partial charge in [0, 0.05) is 16.8 Å². The Kier molecular flexibility index (Phi) is 5.03. The summed E-state index contributed by atoms with van der Waals surface area (Å²) >= 11 is 1.44. The number of thiophene rings is 1. The molecule has 0 unspecified atom stereocenters. The molecule has 1 aromatic heterocycles. The monoisotopic (exact) mass is 324 g/mol. The number of hydrogen-bond acceptors (Lipinski definition) is 4. The minimum Gasteiger partial charge on any atom is -0.315 e. The molecule has 2 N–H and O–H groups in total. The Bertz CT molecular complexity index is 706. The predicted octanol–water partition coefficient (Wildman–Crippen LogP) is 3.39. The van der Waals surface area contributed by atoms with Gasteiger partial charge < -0.3 is 5.32 Å². The predicted molar refractivity (Wildman–Crippen MR) is 88.4 cm³/mol. The van der Waals surface area contributed by atoms with Crippen molar-refractivity contribution in [2.45, 2.75) is 31.2 Å². The van der Waals surface area contributed by atoms with Crippen molar-refractivity contribution in [3.05, 3.63) is 46.2 Å². The molecule has 0 radical (unpaired) electrons. The molecule has 0 aliphatic heterocycles. The van der Waals surface area contributed by atoms with Crippen molar-refractivity contribution in [2.24, 2.45) is 0 Å². The van der Waals surface area contributed by atoms with Gasteiger partial charge in [0.15, 0.2) is 0 Å². The Labute approximate surface area is 130 Å². The molecule has 6 heteroatoms. The Hall–Kier alpha value is -1.37. The summed E-state index contributed by atoms with van der Waals surface area (Å²) in [5, 5.41) is 4.69. The molecule has 0 bridgehead atoms. The lowest BCUT2D eigenvalue weighted by atomic mass is 10.0. The smallest absolute Gasteiger partial charge is 0.262 e. The maximum absolute atomic E-state index is 12.5. The van der Waals surface area contributed by atoms with E-state index >= 15 is 0 Å². The van der Waals surface area contributed by atoms with E-state index in [2.05, 4.69) is 10.0 Å². The van der Waals surface area contributed by atoms with E-state index in [1.165, 1.54) is 11.3 Å². The molecular formula is C15H20N2O2S2. The standard InChI is InChI=1S/C15H20N2O2S2/c1-11(2)14-6-4-5-7-15(14)17-21(18,19)13-8-12(9-16-3)20-10-13/h4-8,10-11,16-17H,9H2,1-3H3. The maximum atomic E-state index is 12.5. The zero-order valence-corrected chi connectivity index (χ0v) is 14.0. The van der Waals surface area contributed by atoms with Crippen LogP contribution in [0.4, 0.5) is 5.69 Å². The van der Waals surface area contributed by atoms with Crippen LogP contribution in [0.2, 0.25) is 0 Å². The van der Waals surface area contributed by atoms with Gasteiger partial charge in [-0.05, 0) is 30.7 Å². The Morgan fingerprint density at radius 2 is 1.95 bits per heavy atom. The third-order valence-corrected chi connectivity index (χ3v) is 5.55. The second kappa shape index (κ2) is 6.60. The van der Waals surface area contributed by atoms with Gasteiger partial charge in [0.25, 0.3) is 10.0 Å². The first-order valence-electron chi connectivity index (χ1n) is 6.78. The van der Waals surface area contributed by atoms with Crippen LogP contribution >= 0.6 is 11.3 Å². The van der Waals surface area contributed by atoms with Gasteiger partial charge in [-0.3, -0.25) is 4.72 Å². The van der Waals surface area contributed by atoms with Crippen LogP contribution < -0.4 is 10.0 Å². The molecule has 0 atom stereocenters. The van der Waals surface area contributed by atoms with Crippen molar-refractivity contribution < 1.29 is 8.42 Å². The number of benzene rings is 1. The molecule has 1 aromatic carbocycles. The largest absolute Gasteiger partial charge is 0.315 e. The van der Waals surface area contributed by atoms with Crippen LogP contribution in [-0.2, 0) is 16.6 Å². The molecule has 0 saturated carbocycles. The van der Waals surface area contributed by atoms with Crippen molar-refractivity contribution >= 4 is 27.0 Å². The number of sulfonamides is 1. The highest BCUT2D eigenvalue weighted by Gasteiger charge is 2.18. The van der Waals surface area contributed by atoms with Crippen molar-refractivity contribution in [3.8, 4) is 0 Å². The highest BCUT2D eigenvalue weighted by molar-refractivity contribution is 7.92. The molecule has 2 rings (SSSR count). The minimum absolute atomic E-state index is 0.256. The topological polar surface area (TPSA) is 58.2 Å². The highest BCUT2D eigenvalue weighted by atomic mass is 32.2. The summed E-state index contributed by atoms with van der Waals surface area (Å²) in [6.45, 7) is 4.76. The summed E-state index contributed by atoms with van der Waals surface area (Å²) in [5.41, 5.74) is 1.64. The quantitative estimate of drug-likeness (QED) is 0.856. The van der Waals surface area contributed by atoms with Crippen LogP contribution in [0.5, 0.6) is 0 Å². The van der Waals surface area contributed by atoms with Gasteiger partial charge in [0.2, 0.25) is 0 Å². The van der Waals surface area contributed by atoms with Crippen LogP contribution in [0.25, 0.3) is 0 Å². The Morgan fingerprint density at radius 3 is 2.62 bits per heavy atom. The van der Waals surface area contributed by atoms with Gasteiger partial charge in [-0.25, -0.2) is 8.42 Å². The van der Waals surface area contributed by atoms with Crippen molar-refractivity contribution in [2.75, 3.05) is 11.8 Å². The van der Waals surface area contributed by atoms with Gasteiger partial charge in [-0.15, -0.1) is 11.3 Å². The average molecular weight is 324 g/mol. The second-order valence-corrected chi connectivity index (χ2v) is 7.80. The maximum Gasteiger partial charge on any atom is 0.262 e. The van der Waals surface area contributed by atoms with Crippen LogP contribution in [0, 0.1) is 0 Å². The van der Waals surface area contributed by atoms with E-state index < -0.39 is 10.0 Å². The fourth-order valence-corrected chi connectivity index (χ4v) is 4.44. The van der Waals surface area contributed by atoms with Crippen LogP contribution in [0.1, 0.15) is 30.2 Å². The molecule has 0 fully saturated rings. The highest BCUT2D eigenvalue weighted by Crippen LogP contribution is 2.27. The van der Waals surface area contributed by atoms with Crippen LogP contribution in [0.3, 0.4) is 0 Å². The Morgan fingerprint density at radius 1 is 1.24 bits per heavy atom. The molecule has 0 aliphatic carbocycles. The first kappa shape index (κ1) is 16.0. The molecule has 1 heterocycles. The van der Waals surface area contributed by atoms with Gasteiger partial charge in [0.05, 0.1) is 10.6 Å². The van der Waals surface area contributed by atoms with E-state index in [4.69, 9.17) is 0 Å². The number of para-hydroxylation sites is 1. The van der Waals surface area contributed by atoms with Gasteiger partial charge in [0.1, 0.15) is 0 Å². The molecule has 0 amide bonds. The van der Waals surface area contributed by atoms with E-state index in [9.17, 15) is 8.42 Å². The number of nitrogens with one attached hydrogen (secondary N) is 2. The summed E-state index contributed by atoms with van der Waals surface area (Å²) in [4.78, 5) is 1.31. The van der Waals surface area contributed by atoms with Crippen molar-refractivity contribution in [1.82, 2.24) is 5.32 Å². The molecule has 0 saturated heterocycles. The number of anilines is 1. The number of rotatable bonds is 6. The first-order chi connectivity index (χ1) is 9.94. The lowest BCUT2D eigenvalue weighted by Crippen LogP contribution is -2.14. The lowest BCUT2D eigenvalue weighted by Gasteiger charge is -2.14. The zero-order chi connectivity index (χ0) is 15.5. The van der Waals surface area contributed by atoms with Crippen molar-refractivity contribution in [1.29, 1.82) is 0 Å². The fourth-order valence-electron chi connectivity index (χ4n) is 2.07. The normalized spacial score (nSPS) is 11.8. The molecule has 0 spiro atoms. The minimum atomic E-state index is -3.53. The summed E-state index contributed by atoms with van der Waals surface area (Å²) in [5.74, 6) is 0.256. The van der Waals surface area contributed by atoms with Crippen molar-refractivity contribution in [3.63, 3.8) is 0 Å². The fraction of sp³-hybridized carbons (Fsp3) is 0.333. The first-order valence-corrected chi connectivity index (χ1v) is 9.14. The summed E-state index contributed by atoms with van der Waals surface area (Å²) < 4.78 is 27.6. The second-order valence-electron chi connectivity index (χ2n) is 5.13. The zero-order valence-electron chi connectivity index (χ0n) is 12.4. The van der Waals surface area contributed by atoms with Gasteiger partial charge in [-0.2, -0.15) is 0 Å². The Balaban J connectivity index is 2.29. The lowest BCUT2D eigenvalue weighted by molar-refractivity contribution is 0.601. The molecule has 21 heavy (non-hydrogen) atoms. The van der Waals surface area contributed by atoms with E-state index in [0.717, 1.165) is 10.4 Å². The van der Waals surface area contributed by atoms with E-state index in [0.29, 0.717) is 17.1 Å². The van der Waals surface area contributed by atoms with Crippen LogP contribution in [0.15, 0.2) is 40.6 Å². The number of hydrogen-bond donors (Lipinski definition) is 2. The third kappa shape index (κ3) is 3.84. The molecule has 0 aliphatic rings. The molecule has 114 valence electrons. The van der Waals surface area contributed by atoms with Gasteiger partial charge in [-0.1, -0.05) is 32.0 Å². The molecular weight excluding hydrogens is 304 g/mol. The SMILES string of the molecule is CNCc1cc(S(=O)(=O)Nc2ccccc2C(C)C)cs1. The van der Waals surface area contributed by atoms with Gasteiger partial charge >= 0.3 is 0 Å². The van der Waals surface area contributed by atoms with E-state index in [1.54, 1.807) is 17.5 Å². The van der Waals surface area contributed by atoms with E-state index in [-0.39, 0.29) is 5.92 Å². The molecule has 4 nitrogen and oxygen atoms in total. The summed E-state index contributed by atoms with van der Waals surface area (Å²) in [7, 11) is -1.70. The summed E-state index contributed by atoms with van der Waals surface area (Å²) in [6, 6.07) is 9.21. The summed E-state index contributed by atoms with van der Waals surface area (Å²) in [6.07, 6.45) is 0. The average Bonchev–Trinajstić information content (AvgIpc) is 2.88. The van der Waals surface area contributed by atoms with E-state index in [1.807, 2.05) is 39.1 Å².